The zero-order chi connectivity index (χ0) is 13.3. The summed E-state index contributed by atoms with van der Waals surface area (Å²) in [5.41, 5.74) is 5.00. The van der Waals surface area contributed by atoms with Gasteiger partial charge < -0.3 is 0 Å². The molecule has 0 saturated heterocycles. The van der Waals surface area contributed by atoms with Gasteiger partial charge in [0.15, 0.2) is 0 Å². The Balaban J connectivity index is 2.23. The SMILES string of the molecule is Cc1ccc(C)c(CC(Cl)c2sc(C)nc2C)c1. The molecule has 1 nitrogen and oxygen atoms in total. The molecule has 0 fully saturated rings. The van der Waals surface area contributed by atoms with Crippen molar-refractivity contribution in [3.63, 3.8) is 0 Å². The molecule has 2 aromatic rings. The molecule has 1 atom stereocenters. The predicted molar refractivity (Wildman–Crippen MR) is 79.8 cm³/mol. The van der Waals surface area contributed by atoms with Crippen LogP contribution in [0.4, 0.5) is 0 Å². The van der Waals surface area contributed by atoms with Gasteiger partial charge >= 0.3 is 0 Å². The second-order valence-electron chi connectivity index (χ2n) is 4.78. The van der Waals surface area contributed by atoms with E-state index >= 15 is 0 Å². The Hall–Kier alpha value is -0.860. The van der Waals surface area contributed by atoms with Crippen LogP contribution in [-0.2, 0) is 6.42 Å². The van der Waals surface area contributed by atoms with Crippen molar-refractivity contribution in [2.75, 3.05) is 0 Å². The molecule has 3 heteroatoms. The average molecular weight is 280 g/mol. The van der Waals surface area contributed by atoms with Crippen LogP contribution in [0.1, 0.15) is 37.6 Å². The summed E-state index contributed by atoms with van der Waals surface area (Å²) in [4.78, 5) is 5.65. The third-order valence-electron chi connectivity index (χ3n) is 3.13. The maximum Gasteiger partial charge on any atom is 0.0900 e. The number of rotatable bonds is 3. The number of aryl methyl sites for hydroxylation is 4. The lowest BCUT2D eigenvalue weighted by atomic mass is 10.0. The summed E-state index contributed by atoms with van der Waals surface area (Å²) in [5, 5.41) is 1.12. The van der Waals surface area contributed by atoms with Crippen molar-refractivity contribution in [2.24, 2.45) is 0 Å². The minimum Gasteiger partial charge on any atom is -0.247 e. The molecule has 0 radical (unpaired) electrons. The zero-order valence-corrected chi connectivity index (χ0v) is 12.8. The number of thiazole rings is 1. The zero-order valence-electron chi connectivity index (χ0n) is 11.2. The molecule has 18 heavy (non-hydrogen) atoms. The van der Waals surface area contributed by atoms with E-state index in [0.29, 0.717) is 0 Å². The second-order valence-corrected chi connectivity index (χ2v) is 6.55. The summed E-state index contributed by atoms with van der Waals surface area (Å²) in [5.74, 6) is 0. The highest BCUT2D eigenvalue weighted by Gasteiger charge is 2.16. The molecule has 0 aliphatic rings. The van der Waals surface area contributed by atoms with Gasteiger partial charge in [-0.2, -0.15) is 0 Å². The van der Waals surface area contributed by atoms with E-state index in [0.717, 1.165) is 17.1 Å². The molecule has 0 saturated carbocycles. The van der Waals surface area contributed by atoms with Gasteiger partial charge in [-0.05, 0) is 45.2 Å². The summed E-state index contributed by atoms with van der Waals surface area (Å²) < 4.78 is 0. The van der Waals surface area contributed by atoms with Crippen LogP contribution in [0.3, 0.4) is 0 Å². The smallest absolute Gasteiger partial charge is 0.0900 e. The summed E-state index contributed by atoms with van der Waals surface area (Å²) in [6.07, 6.45) is 0.873. The maximum atomic E-state index is 6.55. The molecule has 1 heterocycles. The summed E-state index contributed by atoms with van der Waals surface area (Å²) in [6.45, 7) is 8.33. The van der Waals surface area contributed by atoms with Crippen LogP contribution in [0.2, 0.25) is 0 Å². The quantitative estimate of drug-likeness (QED) is 0.728. The standard InChI is InChI=1S/C15H18ClNS/c1-9-5-6-10(2)13(7-9)8-14(16)15-11(3)17-12(4)18-15/h5-7,14H,8H2,1-4H3. The number of benzene rings is 1. The van der Waals surface area contributed by atoms with Crippen molar-refractivity contribution in [1.29, 1.82) is 0 Å². The lowest BCUT2D eigenvalue weighted by Gasteiger charge is -2.11. The Kier molecular flexibility index (Phi) is 4.08. The molecule has 0 amide bonds. The fourth-order valence-electron chi connectivity index (χ4n) is 2.14. The maximum absolute atomic E-state index is 6.55. The Labute approximate surface area is 118 Å². The number of alkyl halides is 1. The van der Waals surface area contributed by atoms with E-state index in [1.54, 1.807) is 11.3 Å². The third kappa shape index (κ3) is 2.93. The van der Waals surface area contributed by atoms with E-state index < -0.39 is 0 Å². The van der Waals surface area contributed by atoms with Gasteiger partial charge in [0, 0.05) is 4.88 Å². The van der Waals surface area contributed by atoms with Gasteiger partial charge in [0.25, 0.3) is 0 Å². The normalized spacial score (nSPS) is 12.7. The second kappa shape index (κ2) is 5.41. The van der Waals surface area contributed by atoms with Crippen molar-refractivity contribution >= 4 is 22.9 Å². The van der Waals surface area contributed by atoms with Crippen LogP contribution in [0.5, 0.6) is 0 Å². The molecule has 96 valence electrons. The molecule has 1 unspecified atom stereocenters. The van der Waals surface area contributed by atoms with Crippen LogP contribution < -0.4 is 0 Å². The van der Waals surface area contributed by atoms with Gasteiger partial charge in [-0.3, -0.25) is 0 Å². The average Bonchev–Trinajstić information content (AvgIpc) is 2.63. The number of nitrogens with zero attached hydrogens (tertiary/aromatic N) is 1. The first-order valence-electron chi connectivity index (χ1n) is 6.11. The van der Waals surface area contributed by atoms with Gasteiger partial charge in [0.05, 0.1) is 16.1 Å². The Morgan fingerprint density at radius 2 is 1.94 bits per heavy atom. The summed E-state index contributed by atoms with van der Waals surface area (Å²) >= 11 is 8.26. The number of hydrogen-bond acceptors (Lipinski definition) is 2. The van der Waals surface area contributed by atoms with Crippen molar-refractivity contribution in [1.82, 2.24) is 4.98 Å². The van der Waals surface area contributed by atoms with E-state index in [1.807, 2.05) is 13.8 Å². The molecule has 0 N–H and O–H groups in total. The van der Waals surface area contributed by atoms with E-state index in [4.69, 9.17) is 11.6 Å². The van der Waals surface area contributed by atoms with Gasteiger partial charge in [-0.1, -0.05) is 23.8 Å². The van der Waals surface area contributed by atoms with Crippen molar-refractivity contribution in [3.8, 4) is 0 Å². The van der Waals surface area contributed by atoms with Crippen LogP contribution in [-0.4, -0.2) is 4.98 Å². The van der Waals surface area contributed by atoms with Gasteiger partial charge in [0.1, 0.15) is 0 Å². The van der Waals surface area contributed by atoms with Crippen molar-refractivity contribution < 1.29 is 0 Å². The minimum atomic E-state index is 0.0247. The number of aromatic nitrogens is 1. The van der Waals surface area contributed by atoms with E-state index in [9.17, 15) is 0 Å². The van der Waals surface area contributed by atoms with Crippen molar-refractivity contribution in [2.45, 2.75) is 39.5 Å². The van der Waals surface area contributed by atoms with Crippen molar-refractivity contribution in [3.05, 3.63) is 50.5 Å². The minimum absolute atomic E-state index is 0.0247. The molecule has 0 aliphatic carbocycles. The Morgan fingerprint density at radius 1 is 1.22 bits per heavy atom. The Bertz CT molecular complexity index is 560. The van der Waals surface area contributed by atoms with Crippen LogP contribution in [0.15, 0.2) is 18.2 Å². The first-order chi connectivity index (χ1) is 8.47. The van der Waals surface area contributed by atoms with E-state index in [1.165, 1.54) is 21.6 Å². The van der Waals surface area contributed by atoms with Gasteiger partial charge in [-0.15, -0.1) is 22.9 Å². The molecule has 0 spiro atoms. The molecular formula is C15H18ClNS. The first kappa shape index (κ1) is 13.6. The highest BCUT2D eigenvalue weighted by Crippen LogP contribution is 2.33. The monoisotopic (exact) mass is 279 g/mol. The highest BCUT2D eigenvalue weighted by atomic mass is 35.5. The molecule has 0 bridgehead atoms. The topological polar surface area (TPSA) is 12.9 Å². The molecule has 2 rings (SSSR count). The van der Waals surface area contributed by atoms with E-state index in [2.05, 4.69) is 37.0 Å². The molecule has 1 aromatic carbocycles. The lowest BCUT2D eigenvalue weighted by Crippen LogP contribution is -1.98. The molecule has 1 aromatic heterocycles. The lowest BCUT2D eigenvalue weighted by molar-refractivity contribution is 0.912. The van der Waals surface area contributed by atoms with Gasteiger partial charge in [0.2, 0.25) is 0 Å². The molecular weight excluding hydrogens is 262 g/mol. The summed E-state index contributed by atoms with van der Waals surface area (Å²) in [6, 6.07) is 6.54. The largest absolute Gasteiger partial charge is 0.247 e. The van der Waals surface area contributed by atoms with Crippen LogP contribution in [0.25, 0.3) is 0 Å². The van der Waals surface area contributed by atoms with Crippen LogP contribution in [0, 0.1) is 27.7 Å². The fraction of sp³-hybridized carbons (Fsp3) is 0.400. The number of halogens is 1. The first-order valence-corrected chi connectivity index (χ1v) is 7.37. The van der Waals surface area contributed by atoms with Gasteiger partial charge in [-0.25, -0.2) is 4.98 Å². The fourth-order valence-corrected chi connectivity index (χ4v) is 3.51. The highest BCUT2D eigenvalue weighted by molar-refractivity contribution is 7.12. The Morgan fingerprint density at radius 3 is 2.56 bits per heavy atom. The summed E-state index contributed by atoms with van der Waals surface area (Å²) in [7, 11) is 0. The third-order valence-corrected chi connectivity index (χ3v) is 4.82. The molecule has 0 aliphatic heterocycles. The number of hydrogen-bond donors (Lipinski definition) is 0. The predicted octanol–water partition coefficient (Wildman–Crippen LogP) is 4.90. The van der Waals surface area contributed by atoms with Crippen LogP contribution >= 0.6 is 22.9 Å². The van der Waals surface area contributed by atoms with E-state index in [-0.39, 0.29) is 5.38 Å².